The van der Waals surface area contributed by atoms with Crippen LogP contribution in [0.2, 0.25) is 0 Å². The van der Waals surface area contributed by atoms with Gasteiger partial charge >= 0.3 is 0 Å². The quantitative estimate of drug-likeness (QED) is 0.318. The number of hydrogen-bond donors (Lipinski definition) is 2. The van der Waals surface area contributed by atoms with Gasteiger partial charge in [-0.1, -0.05) is 30.0 Å². The van der Waals surface area contributed by atoms with Gasteiger partial charge in [-0.15, -0.1) is 0 Å². The van der Waals surface area contributed by atoms with E-state index in [0.717, 1.165) is 11.8 Å². The maximum absolute atomic E-state index is 12.6. The van der Waals surface area contributed by atoms with Crippen LogP contribution in [-0.2, 0) is 10.0 Å². The van der Waals surface area contributed by atoms with Crippen LogP contribution in [0.5, 0.6) is 0 Å². The summed E-state index contributed by atoms with van der Waals surface area (Å²) in [4.78, 5) is 21.6. The van der Waals surface area contributed by atoms with Crippen LogP contribution < -0.4 is 10.0 Å². The summed E-state index contributed by atoms with van der Waals surface area (Å²) < 4.78 is 30.4. The van der Waals surface area contributed by atoms with Gasteiger partial charge in [-0.25, -0.2) is 18.1 Å². The zero-order valence-corrected chi connectivity index (χ0v) is 18.0. The smallest absolute Gasteiger partial charge is 0.256 e. The van der Waals surface area contributed by atoms with Crippen LogP contribution in [0.3, 0.4) is 0 Å². The first-order chi connectivity index (χ1) is 13.7. The number of fused-ring (bicyclic) bond motifs is 1. The fourth-order valence-corrected chi connectivity index (χ4v) is 3.94. The summed E-state index contributed by atoms with van der Waals surface area (Å²) in [6.45, 7) is 4.07. The molecule has 10 heteroatoms. The lowest BCUT2D eigenvalue weighted by Gasteiger charge is -2.08. The Morgan fingerprint density at radius 3 is 2.59 bits per heavy atom. The van der Waals surface area contributed by atoms with E-state index in [1.165, 1.54) is 11.8 Å². The van der Waals surface area contributed by atoms with E-state index in [2.05, 4.69) is 20.0 Å². The molecule has 0 atom stereocenters. The number of amides is 1. The first-order valence-corrected chi connectivity index (χ1v) is 11.8. The molecule has 0 saturated carbocycles. The molecule has 0 aliphatic rings. The highest BCUT2D eigenvalue weighted by molar-refractivity contribution is 7.99. The Labute approximate surface area is 173 Å². The Morgan fingerprint density at radius 2 is 1.90 bits per heavy atom. The van der Waals surface area contributed by atoms with Crippen LogP contribution in [0.25, 0.3) is 11.1 Å². The molecule has 0 fully saturated rings. The van der Waals surface area contributed by atoms with Gasteiger partial charge in [0.2, 0.25) is 15.7 Å². The number of rotatable bonds is 8. The third-order valence-electron chi connectivity index (χ3n) is 4.19. The summed E-state index contributed by atoms with van der Waals surface area (Å²) in [6, 6.07) is 8.89. The first-order valence-electron chi connectivity index (χ1n) is 8.96. The van der Waals surface area contributed by atoms with E-state index in [-0.39, 0.29) is 5.91 Å². The highest BCUT2D eigenvalue weighted by atomic mass is 32.2. The number of nitrogens with zero attached hydrogens (tertiary/aromatic N) is 2. The lowest BCUT2D eigenvalue weighted by molar-refractivity contribution is 0.102. The van der Waals surface area contributed by atoms with Crippen LogP contribution in [0.4, 0.5) is 5.82 Å². The topological polar surface area (TPSA) is 114 Å². The van der Waals surface area contributed by atoms with Crippen molar-refractivity contribution >= 4 is 44.6 Å². The Morgan fingerprint density at radius 1 is 1.17 bits per heavy atom. The van der Waals surface area contributed by atoms with Crippen molar-refractivity contribution in [2.45, 2.75) is 25.4 Å². The molecule has 0 saturated heterocycles. The molecule has 0 aliphatic carbocycles. The number of thioether (sulfide) groups is 1. The molecule has 0 radical (unpaired) electrons. The van der Waals surface area contributed by atoms with E-state index in [9.17, 15) is 13.2 Å². The van der Waals surface area contributed by atoms with E-state index in [0.29, 0.717) is 52.1 Å². The Bertz CT molecular complexity index is 1130. The molecular formula is C19H22N4O4S2. The fraction of sp³-hybridized carbons (Fsp3) is 0.316. The number of furan rings is 1. The molecule has 3 rings (SSSR count). The van der Waals surface area contributed by atoms with Crippen molar-refractivity contribution in [1.82, 2.24) is 14.7 Å². The Hall–Kier alpha value is -2.43. The molecule has 2 heterocycles. The molecule has 2 N–H and O–H groups in total. The van der Waals surface area contributed by atoms with E-state index in [1.807, 2.05) is 19.9 Å². The summed E-state index contributed by atoms with van der Waals surface area (Å²) in [5.74, 6) is 1.45. The van der Waals surface area contributed by atoms with Crippen molar-refractivity contribution in [2.24, 2.45) is 0 Å². The fourth-order valence-electron chi connectivity index (χ4n) is 2.65. The van der Waals surface area contributed by atoms with Crippen molar-refractivity contribution in [3.8, 4) is 0 Å². The molecule has 0 spiro atoms. The number of carbonyl (C=O) groups is 1. The van der Waals surface area contributed by atoms with Gasteiger partial charge in [0.05, 0.1) is 11.6 Å². The van der Waals surface area contributed by atoms with Crippen LogP contribution in [0, 0.1) is 13.8 Å². The second-order valence-corrected chi connectivity index (χ2v) is 9.40. The SMILES string of the molecule is Cc1oc2nc(SCCCNS(C)(=O)=O)nc(NC(=O)c3ccccc3)c2c1C. The highest BCUT2D eigenvalue weighted by Gasteiger charge is 2.18. The number of carbonyl (C=O) groups excluding carboxylic acids is 1. The Balaban J connectivity index is 1.80. The van der Waals surface area contributed by atoms with Gasteiger partial charge < -0.3 is 9.73 Å². The number of sulfonamides is 1. The van der Waals surface area contributed by atoms with Gasteiger partial charge in [-0.05, 0) is 32.4 Å². The molecule has 3 aromatic rings. The average molecular weight is 435 g/mol. The number of aromatic nitrogens is 2. The van der Waals surface area contributed by atoms with E-state index in [4.69, 9.17) is 4.42 Å². The van der Waals surface area contributed by atoms with Gasteiger partial charge in [-0.3, -0.25) is 4.79 Å². The predicted molar refractivity (Wildman–Crippen MR) is 114 cm³/mol. The lowest BCUT2D eigenvalue weighted by atomic mass is 10.2. The zero-order chi connectivity index (χ0) is 21.0. The predicted octanol–water partition coefficient (Wildman–Crippen LogP) is 3.12. The van der Waals surface area contributed by atoms with Crippen molar-refractivity contribution in [3.05, 3.63) is 47.2 Å². The number of benzene rings is 1. The monoisotopic (exact) mass is 434 g/mol. The van der Waals surface area contributed by atoms with Crippen molar-refractivity contribution in [3.63, 3.8) is 0 Å². The van der Waals surface area contributed by atoms with Crippen molar-refractivity contribution in [2.75, 3.05) is 23.9 Å². The molecule has 0 bridgehead atoms. The van der Waals surface area contributed by atoms with Crippen LogP contribution in [0.15, 0.2) is 39.9 Å². The summed E-state index contributed by atoms with van der Waals surface area (Å²) >= 11 is 1.37. The largest absolute Gasteiger partial charge is 0.443 e. The zero-order valence-electron chi connectivity index (χ0n) is 16.4. The highest BCUT2D eigenvalue weighted by Crippen LogP contribution is 2.31. The molecule has 0 aliphatic heterocycles. The van der Waals surface area contributed by atoms with Crippen LogP contribution in [-0.4, -0.2) is 42.8 Å². The molecule has 1 amide bonds. The van der Waals surface area contributed by atoms with E-state index >= 15 is 0 Å². The average Bonchev–Trinajstić information content (AvgIpc) is 2.95. The maximum atomic E-state index is 12.6. The molecular weight excluding hydrogens is 412 g/mol. The third kappa shape index (κ3) is 5.55. The molecule has 8 nitrogen and oxygen atoms in total. The molecule has 2 aromatic heterocycles. The number of nitrogens with one attached hydrogen (secondary N) is 2. The van der Waals surface area contributed by atoms with Gasteiger partial charge in [0.15, 0.2) is 5.16 Å². The maximum Gasteiger partial charge on any atom is 0.256 e. The molecule has 29 heavy (non-hydrogen) atoms. The second-order valence-electron chi connectivity index (χ2n) is 6.51. The van der Waals surface area contributed by atoms with Gasteiger partial charge in [0.25, 0.3) is 5.91 Å². The molecule has 1 aromatic carbocycles. The standard InChI is InChI=1S/C19H22N4O4S2/c1-12-13(2)27-18-15(12)16(21-17(24)14-8-5-4-6-9-14)22-19(23-18)28-11-7-10-20-29(3,25)26/h4-6,8-9,20H,7,10-11H2,1-3H3,(H,21,22,23,24). The number of aryl methyl sites for hydroxylation is 2. The van der Waals surface area contributed by atoms with Gasteiger partial charge in [-0.2, -0.15) is 4.98 Å². The number of hydrogen-bond acceptors (Lipinski definition) is 7. The minimum Gasteiger partial charge on any atom is -0.443 e. The summed E-state index contributed by atoms with van der Waals surface area (Å²) in [6.07, 6.45) is 1.74. The van der Waals surface area contributed by atoms with Crippen LogP contribution >= 0.6 is 11.8 Å². The minimum atomic E-state index is -3.20. The van der Waals surface area contributed by atoms with Crippen molar-refractivity contribution in [1.29, 1.82) is 0 Å². The van der Waals surface area contributed by atoms with Gasteiger partial charge in [0.1, 0.15) is 11.6 Å². The van der Waals surface area contributed by atoms with E-state index in [1.54, 1.807) is 24.3 Å². The van der Waals surface area contributed by atoms with Crippen molar-refractivity contribution < 1.29 is 17.6 Å². The summed E-state index contributed by atoms with van der Waals surface area (Å²) in [7, 11) is -3.20. The minimum absolute atomic E-state index is 0.267. The van der Waals surface area contributed by atoms with Gasteiger partial charge in [0, 0.05) is 23.4 Å². The molecule has 0 unspecified atom stereocenters. The third-order valence-corrected chi connectivity index (χ3v) is 5.85. The summed E-state index contributed by atoms with van der Waals surface area (Å²) in [5, 5.41) is 3.99. The summed E-state index contributed by atoms with van der Waals surface area (Å²) in [5.41, 5.74) is 1.81. The number of anilines is 1. The normalized spacial score (nSPS) is 11.7. The first kappa shape index (κ1) is 21.3. The molecule has 154 valence electrons. The van der Waals surface area contributed by atoms with Crippen LogP contribution in [0.1, 0.15) is 28.1 Å². The second kappa shape index (κ2) is 8.93. The Kier molecular flexibility index (Phi) is 6.56. The van der Waals surface area contributed by atoms with E-state index < -0.39 is 10.0 Å². The lowest BCUT2D eigenvalue weighted by Crippen LogP contribution is -2.23.